The first-order valence-corrected chi connectivity index (χ1v) is 9.07. The van der Waals surface area contributed by atoms with E-state index in [0.717, 1.165) is 16.9 Å². The van der Waals surface area contributed by atoms with Crippen LogP contribution in [0.3, 0.4) is 0 Å². The van der Waals surface area contributed by atoms with Crippen LogP contribution in [0, 0.1) is 0 Å². The maximum atomic E-state index is 13.0. The third kappa shape index (κ3) is 3.95. The summed E-state index contributed by atoms with van der Waals surface area (Å²) < 4.78 is 6.60. The Balaban J connectivity index is 1.63. The van der Waals surface area contributed by atoms with Gasteiger partial charge in [-0.2, -0.15) is 0 Å². The average Bonchev–Trinajstić information content (AvgIpc) is 3.33. The number of methoxy groups -OCH3 is 1. The highest BCUT2D eigenvalue weighted by molar-refractivity contribution is 5.97. The molecule has 0 fully saturated rings. The molecule has 0 saturated heterocycles. The molecule has 0 aliphatic carbocycles. The van der Waals surface area contributed by atoms with Crippen LogP contribution < -0.4 is 10.1 Å². The summed E-state index contributed by atoms with van der Waals surface area (Å²) in [6.07, 6.45) is 4.73. The number of ether oxygens (including phenoxy) is 1. The zero-order valence-electron chi connectivity index (χ0n) is 16.0. The molecule has 0 bridgehead atoms. The van der Waals surface area contributed by atoms with Crippen LogP contribution in [0.5, 0.6) is 11.5 Å². The fourth-order valence-electron chi connectivity index (χ4n) is 3.05. The second-order valence-electron chi connectivity index (χ2n) is 6.42. The van der Waals surface area contributed by atoms with Gasteiger partial charge in [0.25, 0.3) is 5.91 Å². The summed E-state index contributed by atoms with van der Waals surface area (Å²) in [4.78, 5) is 17.0. The molecule has 150 valence electrons. The van der Waals surface area contributed by atoms with Crippen molar-refractivity contribution in [2.75, 3.05) is 7.11 Å². The minimum atomic E-state index is -0.440. The lowest BCUT2D eigenvalue weighted by atomic mass is 9.99. The number of carbonyl (C=O) groups excluding carboxylic acids is 1. The van der Waals surface area contributed by atoms with Crippen LogP contribution in [0.25, 0.3) is 5.69 Å². The number of aromatic hydroxyl groups is 1. The molecule has 2 heterocycles. The first kappa shape index (κ1) is 19.1. The van der Waals surface area contributed by atoms with E-state index in [1.54, 1.807) is 25.6 Å². The van der Waals surface area contributed by atoms with Crippen LogP contribution in [0.1, 0.15) is 27.5 Å². The minimum Gasteiger partial charge on any atom is -0.507 e. The van der Waals surface area contributed by atoms with Crippen LogP contribution in [-0.4, -0.2) is 43.3 Å². The number of carbonyl (C=O) groups is 1. The molecule has 1 amide bonds. The monoisotopic (exact) mass is 402 g/mol. The number of tetrazole rings is 1. The molecule has 2 aromatic carbocycles. The van der Waals surface area contributed by atoms with E-state index >= 15 is 0 Å². The van der Waals surface area contributed by atoms with Gasteiger partial charge < -0.3 is 15.2 Å². The SMILES string of the molecule is COc1ccc(C(NC(=O)c2ccc(-n3cnnn3)cc2O)c2ccncc2)cc1. The van der Waals surface area contributed by atoms with Crippen LogP contribution in [0.15, 0.2) is 73.3 Å². The topological polar surface area (TPSA) is 115 Å². The van der Waals surface area contributed by atoms with Crippen molar-refractivity contribution in [3.8, 4) is 17.2 Å². The number of amides is 1. The molecular weight excluding hydrogens is 384 g/mol. The molecule has 4 aromatic rings. The van der Waals surface area contributed by atoms with E-state index in [2.05, 4.69) is 25.8 Å². The quantitative estimate of drug-likeness (QED) is 0.508. The molecule has 1 atom stereocenters. The lowest BCUT2D eigenvalue weighted by Gasteiger charge is -2.20. The van der Waals surface area contributed by atoms with Gasteiger partial charge in [0.05, 0.1) is 24.4 Å². The number of nitrogens with one attached hydrogen (secondary N) is 1. The number of pyridine rings is 1. The normalized spacial score (nSPS) is 11.6. The Morgan fingerprint density at radius 2 is 1.80 bits per heavy atom. The van der Waals surface area contributed by atoms with Gasteiger partial charge in [0, 0.05) is 18.5 Å². The standard InChI is InChI=1S/C21H18N6O3/c1-30-17-5-2-14(3-6-17)20(15-8-10-22-11-9-15)24-21(29)18-7-4-16(12-19(18)28)27-13-23-25-26-27/h2-13,20,28H,1H3,(H,24,29). The van der Waals surface area contributed by atoms with Gasteiger partial charge in [-0.05, 0) is 58.0 Å². The number of phenolic OH excluding ortho intramolecular Hbond substituents is 1. The Kier molecular flexibility index (Phi) is 5.33. The second kappa shape index (κ2) is 8.39. The van der Waals surface area contributed by atoms with Crippen molar-refractivity contribution in [3.63, 3.8) is 0 Å². The third-order valence-electron chi connectivity index (χ3n) is 4.60. The van der Waals surface area contributed by atoms with Gasteiger partial charge in [0.1, 0.15) is 17.8 Å². The fourth-order valence-corrected chi connectivity index (χ4v) is 3.05. The predicted octanol–water partition coefficient (Wildman–Crippen LogP) is 2.29. The summed E-state index contributed by atoms with van der Waals surface area (Å²) in [7, 11) is 1.60. The van der Waals surface area contributed by atoms with Crippen LogP contribution in [-0.2, 0) is 0 Å². The van der Waals surface area contributed by atoms with E-state index < -0.39 is 11.9 Å². The molecule has 2 aromatic heterocycles. The lowest BCUT2D eigenvalue weighted by molar-refractivity contribution is 0.0940. The highest BCUT2D eigenvalue weighted by Crippen LogP contribution is 2.26. The third-order valence-corrected chi connectivity index (χ3v) is 4.60. The van der Waals surface area contributed by atoms with Gasteiger partial charge in [0.15, 0.2) is 0 Å². The van der Waals surface area contributed by atoms with Gasteiger partial charge in [0.2, 0.25) is 0 Å². The number of benzene rings is 2. The van der Waals surface area contributed by atoms with E-state index in [4.69, 9.17) is 4.74 Å². The Morgan fingerprint density at radius 3 is 2.43 bits per heavy atom. The molecule has 0 aliphatic rings. The highest BCUT2D eigenvalue weighted by Gasteiger charge is 2.20. The van der Waals surface area contributed by atoms with Crippen LogP contribution in [0.2, 0.25) is 0 Å². The van der Waals surface area contributed by atoms with E-state index in [0.29, 0.717) is 5.69 Å². The molecule has 0 saturated carbocycles. The molecular formula is C21H18N6O3. The predicted molar refractivity (Wildman–Crippen MR) is 107 cm³/mol. The molecule has 0 radical (unpaired) electrons. The fraction of sp³-hybridized carbons (Fsp3) is 0.0952. The molecule has 30 heavy (non-hydrogen) atoms. The molecule has 9 heteroatoms. The molecule has 4 rings (SSSR count). The average molecular weight is 402 g/mol. The Morgan fingerprint density at radius 1 is 1.07 bits per heavy atom. The number of rotatable bonds is 6. The highest BCUT2D eigenvalue weighted by atomic mass is 16.5. The molecule has 0 spiro atoms. The molecule has 1 unspecified atom stereocenters. The number of hydrogen-bond donors (Lipinski definition) is 2. The minimum absolute atomic E-state index is 0.138. The Bertz CT molecular complexity index is 1130. The summed E-state index contributed by atoms with van der Waals surface area (Å²) in [5.41, 5.74) is 2.39. The second-order valence-corrected chi connectivity index (χ2v) is 6.42. The lowest BCUT2D eigenvalue weighted by Crippen LogP contribution is -2.29. The van der Waals surface area contributed by atoms with Crippen molar-refractivity contribution in [3.05, 3.63) is 90.0 Å². The number of phenols is 1. The first-order chi connectivity index (χ1) is 14.7. The van der Waals surface area contributed by atoms with Crippen LogP contribution in [0.4, 0.5) is 0 Å². The number of hydrogen-bond acceptors (Lipinski definition) is 7. The smallest absolute Gasteiger partial charge is 0.255 e. The van der Waals surface area contributed by atoms with E-state index in [1.165, 1.54) is 23.1 Å². The number of aromatic nitrogens is 5. The first-order valence-electron chi connectivity index (χ1n) is 9.07. The van der Waals surface area contributed by atoms with E-state index in [-0.39, 0.29) is 11.3 Å². The molecule has 0 aliphatic heterocycles. The maximum absolute atomic E-state index is 13.0. The van der Waals surface area contributed by atoms with Crippen molar-refractivity contribution in [1.29, 1.82) is 0 Å². The van der Waals surface area contributed by atoms with Gasteiger partial charge in [-0.1, -0.05) is 12.1 Å². The zero-order valence-corrected chi connectivity index (χ0v) is 16.0. The Labute approximate surface area is 172 Å². The van der Waals surface area contributed by atoms with E-state index in [9.17, 15) is 9.90 Å². The molecule has 9 nitrogen and oxygen atoms in total. The van der Waals surface area contributed by atoms with Crippen molar-refractivity contribution >= 4 is 5.91 Å². The van der Waals surface area contributed by atoms with Crippen molar-refractivity contribution in [2.24, 2.45) is 0 Å². The summed E-state index contributed by atoms with van der Waals surface area (Å²) >= 11 is 0. The van der Waals surface area contributed by atoms with Crippen molar-refractivity contribution < 1.29 is 14.6 Å². The summed E-state index contributed by atoms with van der Waals surface area (Å²) in [6.45, 7) is 0. The van der Waals surface area contributed by atoms with Gasteiger partial charge in [-0.15, -0.1) is 5.10 Å². The zero-order chi connectivity index (χ0) is 20.9. The largest absolute Gasteiger partial charge is 0.507 e. The van der Waals surface area contributed by atoms with E-state index in [1.807, 2.05) is 36.4 Å². The van der Waals surface area contributed by atoms with Crippen LogP contribution >= 0.6 is 0 Å². The maximum Gasteiger partial charge on any atom is 0.255 e. The van der Waals surface area contributed by atoms with Gasteiger partial charge >= 0.3 is 0 Å². The van der Waals surface area contributed by atoms with Crippen molar-refractivity contribution in [2.45, 2.75) is 6.04 Å². The summed E-state index contributed by atoms with van der Waals surface area (Å²) in [5, 5.41) is 24.3. The summed E-state index contributed by atoms with van der Waals surface area (Å²) in [6, 6.07) is 15.2. The number of nitrogens with zero attached hydrogens (tertiary/aromatic N) is 5. The Hall–Kier alpha value is -4.27. The van der Waals surface area contributed by atoms with Gasteiger partial charge in [-0.3, -0.25) is 9.78 Å². The summed E-state index contributed by atoms with van der Waals surface area (Å²) in [5.74, 6) is 0.117. The van der Waals surface area contributed by atoms with Crippen molar-refractivity contribution in [1.82, 2.24) is 30.5 Å². The van der Waals surface area contributed by atoms with Gasteiger partial charge in [-0.25, -0.2) is 4.68 Å². The molecule has 2 N–H and O–H groups in total.